The summed E-state index contributed by atoms with van der Waals surface area (Å²) in [5.74, 6) is -0.580. The van der Waals surface area contributed by atoms with Gasteiger partial charge in [-0.05, 0) is 43.7 Å². The first-order valence-corrected chi connectivity index (χ1v) is 8.12. The molecule has 0 bridgehead atoms. The van der Waals surface area contributed by atoms with Crippen LogP contribution in [0.5, 0.6) is 0 Å². The van der Waals surface area contributed by atoms with Gasteiger partial charge in [0.2, 0.25) is 0 Å². The Bertz CT molecular complexity index is 743. The van der Waals surface area contributed by atoms with E-state index in [0.29, 0.717) is 10.0 Å². The molecule has 3 nitrogen and oxygen atoms in total. The van der Waals surface area contributed by atoms with Crippen molar-refractivity contribution in [3.8, 4) is 0 Å². The maximum Gasteiger partial charge on any atom is 0.261 e. The van der Waals surface area contributed by atoms with E-state index in [1.165, 1.54) is 18.2 Å². The van der Waals surface area contributed by atoms with Gasteiger partial charge in [0.05, 0.1) is 10.6 Å². The zero-order valence-electron chi connectivity index (χ0n) is 10.9. The second kappa shape index (κ2) is 5.54. The Labute approximate surface area is 126 Å². The highest BCUT2D eigenvalue weighted by Crippen LogP contribution is 2.26. The molecule has 1 N–H and O–H groups in total. The van der Waals surface area contributed by atoms with E-state index in [2.05, 4.69) is 20.7 Å². The van der Waals surface area contributed by atoms with Crippen molar-refractivity contribution >= 4 is 31.6 Å². The van der Waals surface area contributed by atoms with E-state index in [9.17, 15) is 12.8 Å². The topological polar surface area (TPSA) is 46.2 Å². The number of halogens is 2. The Kier molecular flexibility index (Phi) is 4.15. The third-order valence-electron chi connectivity index (χ3n) is 2.79. The average Bonchev–Trinajstić information content (AvgIpc) is 2.35. The summed E-state index contributed by atoms with van der Waals surface area (Å²) in [5, 5.41) is 0. The van der Waals surface area contributed by atoms with Gasteiger partial charge in [-0.1, -0.05) is 33.6 Å². The lowest BCUT2D eigenvalue weighted by atomic mass is 10.2. The zero-order chi connectivity index (χ0) is 14.9. The van der Waals surface area contributed by atoms with Crippen molar-refractivity contribution in [1.29, 1.82) is 0 Å². The average molecular weight is 358 g/mol. The standard InChI is InChI=1S/C14H13BrFNO2S/c1-9-3-5-12(6-4-9)20(18,19)17-13-8-11(15)7-10(2)14(13)16/h3-8,17H,1-2H3. The molecule has 0 aliphatic rings. The smallest absolute Gasteiger partial charge is 0.261 e. The summed E-state index contributed by atoms with van der Waals surface area (Å²) in [6, 6.07) is 9.34. The molecule has 0 radical (unpaired) electrons. The van der Waals surface area contributed by atoms with E-state index < -0.39 is 15.8 Å². The molecule has 0 atom stereocenters. The molecule has 0 amide bonds. The SMILES string of the molecule is Cc1ccc(S(=O)(=O)Nc2cc(Br)cc(C)c2F)cc1. The molecule has 0 aliphatic carbocycles. The van der Waals surface area contributed by atoms with Gasteiger partial charge < -0.3 is 0 Å². The monoisotopic (exact) mass is 357 g/mol. The fraction of sp³-hybridized carbons (Fsp3) is 0.143. The summed E-state index contributed by atoms with van der Waals surface area (Å²) in [4.78, 5) is 0.0973. The van der Waals surface area contributed by atoms with Crippen LogP contribution < -0.4 is 4.72 Å². The molecular formula is C14H13BrFNO2S. The van der Waals surface area contributed by atoms with Crippen LogP contribution in [0.1, 0.15) is 11.1 Å². The van der Waals surface area contributed by atoms with Crippen LogP contribution in [0.2, 0.25) is 0 Å². The second-order valence-electron chi connectivity index (χ2n) is 4.50. The second-order valence-corrected chi connectivity index (χ2v) is 7.10. The molecule has 0 aromatic heterocycles. The number of sulfonamides is 1. The normalized spacial score (nSPS) is 11.4. The molecule has 0 spiro atoms. The predicted molar refractivity (Wildman–Crippen MR) is 80.8 cm³/mol. The highest BCUT2D eigenvalue weighted by atomic mass is 79.9. The zero-order valence-corrected chi connectivity index (χ0v) is 13.3. The van der Waals surface area contributed by atoms with Crippen LogP contribution in [0.15, 0.2) is 45.8 Å². The summed E-state index contributed by atoms with van der Waals surface area (Å²) in [7, 11) is -3.80. The summed E-state index contributed by atoms with van der Waals surface area (Å²) in [6.07, 6.45) is 0. The van der Waals surface area contributed by atoms with E-state index in [1.807, 2.05) is 6.92 Å². The summed E-state index contributed by atoms with van der Waals surface area (Å²) in [6.45, 7) is 3.44. The molecule has 2 rings (SSSR count). The molecule has 0 saturated carbocycles. The fourth-order valence-electron chi connectivity index (χ4n) is 1.72. The highest BCUT2D eigenvalue weighted by molar-refractivity contribution is 9.10. The Balaban J connectivity index is 2.41. The van der Waals surface area contributed by atoms with E-state index >= 15 is 0 Å². The minimum atomic E-state index is -3.80. The lowest BCUT2D eigenvalue weighted by Gasteiger charge is -2.11. The van der Waals surface area contributed by atoms with Crippen LogP contribution in [-0.4, -0.2) is 8.42 Å². The largest absolute Gasteiger partial charge is 0.277 e. The predicted octanol–water partition coefficient (Wildman–Crippen LogP) is 4.01. The number of benzene rings is 2. The molecule has 0 saturated heterocycles. The minimum Gasteiger partial charge on any atom is -0.277 e. The first-order chi connectivity index (χ1) is 9.29. The summed E-state index contributed by atoms with van der Waals surface area (Å²) in [5.41, 5.74) is 1.24. The van der Waals surface area contributed by atoms with Gasteiger partial charge in [0.1, 0.15) is 5.82 Å². The van der Waals surface area contributed by atoms with Crippen molar-refractivity contribution < 1.29 is 12.8 Å². The van der Waals surface area contributed by atoms with E-state index in [-0.39, 0.29) is 10.6 Å². The Morgan fingerprint density at radius 2 is 1.70 bits per heavy atom. The number of nitrogens with one attached hydrogen (secondary N) is 1. The van der Waals surface area contributed by atoms with Crippen LogP contribution in [0, 0.1) is 19.7 Å². The van der Waals surface area contributed by atoms with Crippen LogP contribution in [0.4, 0.5) is 10.1 Å². The van der Waals surface area contributed by atoms with Gasteiger partial charge in [0.25, 0.3) is 10.0 Å². The van der Waals surface area contributed by atoms with Crippen molar-refractivity contribution in [2.45, 2.75) is 18.7 Å². The Morgan fingerprint density at radius 1 is 1.10 bits per heavy atom. The summed E-state index contributed by atoms with van der Waals surface area (Å²) >= 11 is 3.22. The van der Waals surface area contributed by atoms with Gasteiger partial charge in [0.15, 0.2) is 0 Å². The van der Waals surface area contributed by atoms with Crippen LogP contribution in [0.25, 0.3) is 0 Å². The van der Waals surface area contributed by atoms with Crippen LogP contribution in [0.3, 0.4) is 0 Å². The molecule has 0 aliphatic heterocycles. The quantitative estimate of drug-likeness (QED) is 0.901. The van der Waals surface area contributed by atoms with Crippen molar-refractivity contribution in [3.05, 3.63) is 57.8 Å². The van der Waals surface area contributed by atoms with Gasteiger partial charge in [-0.3, -0.25) is 4.72 Å². The van der Waals surface area contributed by atoms with Gasteiger partial charge in [-0.15, -0.1) is 0 Å². The summed E-state index contributed by atoms with van der Waals surface area (Å²) < 4.78 is 41.2. The molecule has 2 aromatic carbocycles. The molecule has 106 valence electrons. The van der Waals surface area contributed by atoms with Gasteiger partial charge in [-0.2, -0.15) is 0 Å². The van der Waals surface area contributed by atoms with Gasteiger partial charge in [0, 0.05) is 4.47 Å². The molecule has 6 heteroatoms. The third kappa shape index (κ3) is 3.19. The van der Waals surface area contributed by atoms with E-state index in [1.54, 1.807) is 25.1 Å². The van der Waals surface area contributed by atoms with E-state index in [0.717, 1.165) is 5.56 Å². The minimum absolute atomic E-state index is 0.0718. The number of hydrogen-bond donors (Lipinski definition) is 1. The van der Waals surface area contributed by atoms with Crippen molar-refractivity contribution in [3.63, 3.8) is 0 Å². The third-order valence-corrected chi connectivity index (χ3v) is 4.63. The van der Waals surface area contributed by atoms with Crippen LogP contribution >= 0.6 is 15.9 Å². The van der Waals surface area contributed by atoms with Crippen molar-refractivity contribution in [1.82, 2.24) is 0 Å². The lowest BCUT2D eigenvalue weighted by Crippen LogP contribution is -2.14. The Hall–Kier alpha value is -1.40. The first kappa shape index (κ1) is 15.0. The highest BCUT2D eigenvalue weighted by Gasteiger charge is 2.17. The van der Waals surface area contributed by atoms with Crippen molar-refractivity contribution in [2.75, 3.05) is 4.72 Å². The molecular weight excluding hydrogens is 345 g/mol. The molecule has 0 unspecified atom stereocenters. The molecule has 2 aromatic rings. The molecule has 20 heavy (non-hydrogen) atoms. The first-order valence-electron chi connectivity index (χ1n) is 5.85. The maximum atomic E-state index is 13.9. The number of aryl methyl sites for hydroxylation is 2. The number of rotatable bonds is 3. The van der Waals surface area contributed by atoms with Crippen molar-refractivity contribution in [2.24, 2.45) is 0 Å². The Morgan fingerprint density at radius 3 is 2.30 bits per heavy atom. The maximum absolute atomic E-state index is 13.9. The number of hydrogen-bond acceptors (Lipinski definition) is 2. The number of anilines is 1. The van der Waals surface area contributed by atoms with E-state index in [4.69, 9.17) is 0 Å². The van der Waals surface area contributed by atoms with Crippen LogP contribution in [-0.2, 0) is 10.0 Å². The lowest BCUT2D eigenvalue weighted by molar-refractivity contribution is 0.597. The molecule has 0 heterocycles. The molecule has 0 fully saturated rings. The fourth-order valence-corrected chi connectivity index (χ4v) is 3.34. The van der Waals surface area contributed by atoms with Gasteiger partial charge in [-0.25, -0.2) is 12.8 Å². The van der Waals surface area contributed by atoms with Gasteiger partial charge >= 0.3 is 0 Å².